The number of amides is 2. The summed E-state index contributed by atoms with van der Waals surface area (Å²) in [5.74, 6) is 0.831. The second-order valence-corrected chi connectivity index (χ2v) is 7.59. The molecule has 2 rings (SSSR count). The fourth-order valence-electron chi connectivity index (χ4n) is 2.83. The van der Waals surface area contributed by atoms with Crippen LogP contribution in [0.1, 0.15) is 24.5 Å². The molecule has 0 saturated heterocycles. The van der Waals surface area contributed by atoms with Gasteiger partial charge in [-0.25, -0.2) is 0 Å². The Morgan fingerprint density at radius 2 is 1.81 bits per heavy atom. The fraction of sp³-hybridized carbons (Fsp3) is 0.333. The number of nitrogens with zero attached hydrogens (tertiary/aromatic N) is 1. The van der Waals surface area contributed by atoms with Gasteiger partial charge in [-0.2, -0.15) is 0 Å². The van der Waals surface area contributed by atoms with Crippen molar-refractivity contribution in [3.05, 3.63) is 70.7 Å². The lowest BCUT2D eigenvalue weighted by molar-refractivity contribution is -0.139. The van der Waals surface area contributed by atoms with Gasteiger partial charge >= 0.3 is 0 Å². The molecule has 2 amide bonds. The number of likely N-dealkylation sites (N-methyl/N-ethyl adjacent to an activating group) is 1. The van der Waals surface area contributed by atoms with Crippen LogP contribution in [-0.4, -0.2) is 35.6 Å². The van der Waals surface area contributed by atoms with Gasteiger partial charge in [0.2, 0.25) is 11.8 Å². The first kappa shape index (κ1) is 21.3. The van der Waals surface area contributed by atoms with Gasteiger partial charge in [0.15, 0.2) is 0 Å². The van der Waals surface area contributed by atoms with Crippen LogP contribution >= 0.6 is 23.4 Å². The highest BCUT2D eigenvalue weighted by Gasteiger charge is 2.27. The maximum atomic E-state index is 12.9. The Kier molecular flexibility index (Phi) is 8.69. The second kappa shape index (κ2) is 11.0. The van der Waals surface area contributed by atoms with E-state index in [2.05, 4.69) is 5.32 Å². The van der Waals surface area contributed by atoms with Crippen LogP contribution in [0.3, 0.4) is 0 Å². The largest absolute Gasteiger partial charge is 0.357 e. The molecule has 1 N–H and O–H groups in total. The number of rotatable bonds is 9. The molecule has 2 aromatic carbocycles. The van der Waals surface area contributed by atoms with Crippen molar-refractivity contribution in [1.29, 1.82) is 0 Å². The van der Waals surface area contributed by atoms with E-state index < -0.39 is 6.04 Å². The molecule has 0 aliphatic rings. The van der Waals surface area contributed by atoms with E-state index in [1.54, 1.807) is 11.9 Å². The van der Waals surface area contributed by atoms with Gasteiger partial charge in [0, 0.05) is 24.4 Å². The lowest BCUT2D eigenvalue weighted by Gasteiger charge is -2.30. The Morgan fingerprint density at radius 3 is 2.44 bits per heavy atom. The maximum Gasteiger partial charge on any atom is 0.242 e. The molecule has 0 aromatic heterocycles. The van der Waals surface area contributed by atoms with Crippen molar-refractivity contribution in [2.45, 2.75) is 31.7 Å². The minimum atomic E-state index is -0.477. The minimum Gasteiger partial charge on any atom is -0.357 e. The van der Waals surface area contributed by atoms with E-state index in [4.69, 9.17) is 11.6 Å². The molecule has 27 heavy (non-hydrogen) atoms. The number of nitrogens with one attached hydrogen (secondary N) is 1. The van der Waals surface area contributed by atoms with E-state index in [1.165, 1.54) is 11.8 Å². The zero-order chi connectivity index (χ0) is 19.6. The van der Waals surface area contributed by atoms with Gasteiger partial charge in [0.1, 0.15) is 6.04 Å². The average molecular weight is 405 g/mol. The number of benzene rings is 2. The predicted molar refractivity (Wildman–Crippen MR) is 113 cm³/mol. The van der Waals surface area contributed by atoms with Gasteiger partial charge in [-0.1, -0.05) is 61.0 Å². The van der Waals surface area contributed by atoms with E-state index in [1.807, 2.05) is 61.5 Å². The van der Waals surface area contributed by atoms with E-state index in [-0.39, 0.29) is 11.8 Å². The number of hydrogen-bond donors (Lipinski definition) is 1. The molecule has 0 aliphatic carbocycles. The van der Waals surface area contributed by atoms with Crippen molar-refractivity contribution in [3.63, 3.8) is 0 Å². The zero-order valence-electron chi connectivity index (χ0n) is 15.7. The molecule has 0 saturated carbocycles. The summed E-state index contributed by atoms with van der Waals surface area (Å²) in [5, 5.41) is 3.36. The average Bonchev–Trinajstić information content (AvgIpc) is 2.68. The summed E-state index contributed by atoms with van der Waals surface area (Å²) in [6.07, 6.45) is 0.567. The molecule has 1 unspecified atom stereocenters. The molecule has 6 heteroatoms. The van der Waals surface area contributed by atoms with Crippen molar-refractivity contribution in [1.82, 2.24) is 10.2 Å². The summed E-state index contributed by atoms with van der Waals surface area (Å²) in [5.41, 5.74) is 2.08. The Morgan fingerprint density at radius 1 is 1.11 bits per heavy atom. The Hall–Kier alpha value is -1.98. The lowest BCUT2D eigenvalue weighted by Crippen LogP contribution is -2.48. The van der Waals surface area contributed by atoms with Crippen LogP contribution in [-0.2, 0) is 21.9 Å². The van der Waals surface area contributed by atoms with Crippen LogP contribution in [0.25, 0.3) is 0 Å². The summed E-state index contributed by atoms with van der Waals surface area (Å²) < 4.78 is 0. The quantitative estimate of drug-likeness (QED) is 0.683. The molecule has 0 spiro atoms. The first-order chi connectivity index (χ1) is 13.0. The van der Waals surface area contributed by atoms with Crippen molar-refractivity contribution in [2.75, 3.05) is 12.8 Å². The van der Waals surface area contributed by atoms with Crippen LogP contribution in [0.4, 0.5) is 0 Å². The highest BCUT2D eigenvalue weighted by Crippen LogP contribution is 2.19. The van der Waals surface area contributed by atoms with Crippen molar-refractivity contribution in [2.24, 2.45) is 0 Å². The van der Waals surface area contributed by atoms with Crippen LogP contribution in [0.2, 0.25) is 5.02 Å². The summed E-state index contributed by atoms with van der Waals surface area (Å²) in [6, 6.07) is 16.9. The third-order valence-corrected chi connectivity index (χ3v) is 5.43. The normalized spacial score (nSPS) is 11.7. The minimum absolute atomic E-state index is 0.0404. The van der Waals surface area contributed by atoms with E-state index in [0.717, 1.165) is 11.1 Å². The number of hydrogen-bond acceptors (Lipinski definition) is 3. The van der Waals surface area contributed by atoms with E-state index in [0.29, 0.717) is 29.5 Å². The molecular formula is C21H25ClN2O2S. The summed E-state index contributed by atoms with van der Waals surface area (Å²) >= 11 is 7.54. The molecular weight excluding hydrogens is 380 g/mol. The fourth-order valence-corrected chi connectivity index (χ4v) is 3.90. The molecule has 0 radical (unpaired) electrons. The molecule has 144 valence electrons. The highest BCUT2D eigenvalue weighted by atomic mass is 35.5. The molecule has 0 heterocycles. The Labute approximate surface area is 170 Å². The number of halogens is 1. The molecule has 0 fully saturated rings. The molecule has 1 atom stereocenters. The number of carbonyl (C=O) groups excluding carboxylic acids is 2. The lowest BCUT2D eigenvalue weighted by atomic mass is 10.1. The third-order valence-electron chi connectivity index (χ3n) is 4.21. The van der Waals surface area contributed by atoms with Crippen LogP contribution in [0.5, 0.6) is 0 Å². The van der Waals surface area contributed by atoms with Crippen molar-refractivity contribution in [3.8, 4) is 0 Å². The second-order valence-electron chi connectivity index (χ2n) is 6.17. The summed E-state index contributed by atoms with van der Waals surface area (Å²) in [7, 11) is 1.60. The summed E-state index contributed by atoms with van der Waals surface area (Å²) in [4.78, 5) is 26.9. The van der Waals surface area contributed by atoms with Crippen molar-refractivity contribution < 1.29 is 9.59 Å². The van der Waals surface area contributed by atoms with Crippen LogP contribution in [0.15, 0.2) is 54.6 Å². The Balaban J connectivity index is 2.06. The van der Waals surface area contributed by atoms with E-state index >= 15 is 0 Å². The molecule has 2 aromatic rings. The van der Waals surface area contributed by atoms with Crippen LogP contribution < -0.4 is 5.32 Å². The Bertz CT molecular complexity index is 755. The van der Waals surface area contributed by atoms with E-state index in [9.17, 15) is 9.59 Å². The molecule has 0 bridgehead atoms. The van der Waals surface area contributed by atoms with Crippen LogP contribution in [0, 0.1) is 0 Å². The predicted octanol–water partition coefficient (Wildman–Crippen LogP) is 4.13. The first-order valence-corrected chi connectivity index (χ1v) is 10.5. The maximum absolute atomic E-state index is 12.9. The third kappa shape index (κ3) is 6.60. The standard InChI is InChI=1S/C21H25ClN2O2S/c1-3-19(21(26)23-2)24(13-16-8-5-4-6-9-16)20(25)15-27-14-17-10-7-11-18(22)12-17/h4-12,19H,3,13-15H2,1-2H3,(H,23,26). The van der Waals surface area contributed by atoms with Crippen molar-refractivity contribution >= 4 is 35.2 Å². The first-order valence-electron chi connectivity index (χ1n) is 8.92. The summed E-state index contributed by atoms with van der Waals surface area (Å²) in [6.45, 7) is 2.34. The molecule has 0 aliphatic heterocycles. The van der Waals surface area contributed by atoms with Gasteiger partial charge < -0.3 is 10.2 Å². The zero-order valence-corrected chi connectivity index (χ0v) is 17.2. The van der Waals surface area contributed by atoms with Gasteiger partial charge in [0.25, 0.3) is 0 Å². The van der Waals surface area contributed by atoms with Gasteiger partial charge in [-0.05, 0) is 29.7 Å². The number of carbonyl (C=O) groups is 2. The monoisotopic (exact) mass is 404 g/mol. The smallest absolute Gasteiger partial charge is 0.242 e. The number of thioether (sulfide) groups is 1. The van der Waals surface area contributed by atoms with Gasteiger partial charge in [-0.15, -0.1) is 11.8 Å². The van der Waals surface area contributed by atoms with Gasteiger partial charge in [-0.3, -0.25) is 9.59 Å². The SMILES string of the molecule is CCC(C(=O)NC)N(Cc1ccccc1)C(=O)CSCc1cccc(Cl)c1. The van der Waals surface area contributed by atoms with Gasteiger partial charge in [0.05, 0.1) is 5.75 Å². The topological polar surface area (TPSA) is 49.4 Å². The molecule has 4 nitrogen and oxygen atoms in total. The highest BCUT2D eigenvalue weighted by molar-refractivity contribution is 7.99.